The van der Waals surface area contributed by atoms with Crippen molar-refractivity contribution in [3.05, 3.63) is 60.7 Å². The lowest BCUT2D eigenvalue weighted by Crippen LogP contribution is -2.04. The normalized spacial score (nSPS) is 10.0. The monoisotopic (exact) mass is 374 g/mol. The molecule has 0 saturated carbocycles. The van der Waals surface area contributed by atoms with Crippen molar-refractivity contribution in [2.24, 2.45) is 0 Å². The third-order valence-corrected chi connectivity index (χ3v) is 3.40. The van der Waals surface area contributed by atoms with E-state index in [-0.39, 0.29) is 23.8 Å². The summed E-state index contributed by atoms with van der Waals surface area (Å²) in [5.41, 5.74) is 23.6. The Kier molecular flexibility index (Phi) is 5.51. The second-order valence-electron chi connectivity index (χ2n) is 5.48. The number of rotatable bonds is 2. The van der Waals surface area contributed by atoms with Gasteiger partial charge in [0.2, 0.25) is 23.8 Å². The van der Waals surface area contributed by atoms with Gasteiger partial charge >= 0.3 is 0 Å². The molecule has 10 heteroatoms. The van der Waals surface area contributed by atoms with Crippen molar-refractivity contribution in [2.45, 2.75) is 0 Å². The van der Waals surface area contributed by atoms with Crippen molar-refractivity contribution in [2.75, 3.05) is 22.9 Å². The molecule has 0 atom stereocenters. The minimum Gasteiger partial charge on any atom is -0.368 e. The van der Waals surface area contributed by atoms with Crippen molar-refractivity contribution < 1.29 is 0 Å². The first-order valence-corrected chi connectivity index (χ1v) is 8.16. The molecule has 2 aromatic heterocycles. The van der Waals surface area contributed by atoms with E-state index in [2.05, 4.69) is 29.9 Å². The van der Waals surface area contributed by atoms with Gasteiger partial charge in [-0.1, -0.05) is 60.7 Å². The van der Waals surface area contributed by atoms with E-state index in [1.807, 2.05) is 60.7 Å². The molecule has 0 aliphatic carbocycles. The standard InChI is InChI=1S/2C9H9N5/c2*10-8-12-7(13-9(11)14-8)6-4-2-1-3-5-6/h2*1-5H,(H4,10,11,12,13,14). The van der Waals surface area contributed by atoms with E-state index in [0.29, 0.717) is 11.6 Å². The molecule has 8 N–H and O–H groups in total. The van der Waals surface area contributed by atoms with E-state index >= 15 is 0 Å². The maximum Gasteiger partial charge on any atom is 0.225 e. The zero-order chi connectivity index (χ0) is 19.9. The van der Waals surface area contributed by atoms with Crippen LogP contribution in [0.3, 0.4) is 0 Å². The maximum absolute atomic E-state index is 5.45. The first kappa shape index (κ1) is 18.5. The third-order valence-electron chi connectivity index (χ3n) is 3.40. The van der Waals surface area contributed by atoms with Crippen LogP contribution in [0.4, 0.5) is 23.8 Å². The summed E-state index contributed by atoms with van der Waals surface area (Å²) in [5, 5.41) is 0. The minimum absolute atomic E-state index is 0.136. The average molecular weight is 374 g/mol. The van der Waals surface area contributed by atoms with Gasteiger partial charge in [-0.05, 0) is 0 Å². The largest absolute Gasteiger partial charge is 0.368 e. The molecule has 2 heterocycles. The van der Waals surface area contributed by atoms with E-state index in [4.69, 9.17) is 22.9 Å². The molecule has 10 nitrogen and oxygen atoms in total. The van der Waals surface area contributed by atoms with Gasteiger partial charge in [0, 0.05) is 11.1 Å². The molecule has 0 spiro atoms. The molecule has 0 saturated heterocycles. The van der Waals surface area contributed by atoms with E-state index in [0.717, 1.165) is 11.1 Å². The van der Waals surface area contributed by atoms with Crippen molar-refractivity contribution in [3.8, 4) is 22.8 Å². The summed E-state index contributed by atoms with van der Waals surface area (Å²) in [6.07, 6.45) is 0. The number of nitrogen functional groups attached to an aromatic ring is 4. The number of nitrogens with two attached hydrogens (primary N) is 4. The highest BCUT2D eigenvalue weighted by molar-refractivity contribution is 5.57. The van der Waals surface area contributed by atoms with Crippen molar-refractivity contribution in [1.29, 1.82) is 0 Å². The molecule has 0 aliphatic heterocycles. The molecule has 0 aliphatic rings. The second-order valence-corrected chi connectivity index (χ2v) is 5.48. The van der Waals surface area contributed by atoms with Crippen molar-refractivity contribution >= 4 is 23.8 Å². The molecule has 0 amide bonds. The van der Waals surface area contributed by atoms with Gasteiger partial charge in [0.15, 0.2) is 11.6 Å². The number of hydrogen-bond acceptors (Lipinski definition) is 10. The van der Waals surface area contributed by atoms with Gasteiger partial charge in [-0.15, -0.1) is 0 Å². The lowest BCUT2D eigenvalue weighted by molar-refractivity contribution is 1.09. The van der Waals surface area contributed by atoms with Crippen LogP contribution in [0.1, 0.15) is 0 Å². The molecular weight excluding hydrogens is 356 g/mol. The Bertz CT molecular complexity index is 927. The van der Waals surface area contributed by atoms with Gasteiger partial charge in [0.1, 0.15) is 0 Å². The van der Waals surface area contributed by atoms with Crippen LogP contribution in [-0.2, 0) is 0 Å². The summed E-state index contributed by atoms with van der Waals surface area (Å²) in [4.78, 5) is 23.3. The Labute approximate surface area is 160 Å². The lowest BCUT2D eigenvalue weighted by Gasteiger charge is -2.00. The van der Waals surface area contributed by atoms with E-state index in [1.165, 1.54) is 0 Å². The summed E-state index contributed by atoms with van der Waals surface area (Å²) < 4.78 is 0. The predicted octanol–water partition coefficient (Wildman–Crippen LogP) is 1.41. The number of hydrogen-bond donors (Lipinski definition) is 4. The Morgan fingerprint density at radius 1 is 0.393 bits per heavy atom. The smallest absolute Gasteiger partial charge is 0.225 e. The number of nitrogens with zero attached hydrogens (tertiary/aromatic N) is 6. The zero-order valence-corrected chi connectivity index (χ0v) is 14.8. The van der Waals surface area contributed by atoms with Crippen LogP contribution in [0.25, 0.3) is 22.8 Å². The van der Waals surface area contributed by atoms with Crippen molar-refractivity contribution in [3.63, 3.8) is 0 Å². The Hall–Kier alpha value is -4.34. The van der Waals surface area contributed by atoms with Crippen LogP contribution in [0.2, 0.25) is 0 Å². The van der Waals surface area contributed by atoms with Crippen molar-refractivity contribution in [1.82, 2.24) is 29.9 Å². The summed E-state index contributed by atoms with van der Waals surface area (Å²) in [5.74, 6) is 1.53. The van der Waals surface area contributed by atoms with Crippen LogP contribution in [0.15, 0.2) is 60.7 Å². The first-order chi connectivity index (χ1) is 13.5. The third kappa shape index (κ3) is 4.85. The molecular formula is C18H18N10. The van der Waals surface area contributed by atoms with Gasteiger partial charge in [-0.2, -0.15) is 29.9 Å². The molecule has 4 rings (SSSR count). The fourth-order valence-electron chi connectivity index (χ4n) is 2.25. The SMILES string of the molecule is Nc1nc(N)nc(-c2ccccc2)n1.Nc1nc(N)nc(-c2ccccc2)n1. The number of benzene rings is 2. The summed E-state index contributed by atoms with van der Waals surface area (Å²) >= 11 is 0. The van der Waals surface area contributed by atoms with Crippen LogP contribution in [0, 0.1) is 0 Å². The maximum atomic E-state index is 5.45. The molecule has 28 heavy (non-hydrogen) atoms. The average Bonchev–Trinajstić information content (AvgIpc) is 2.68. The number of aromatic nitrogens is 6. The molecule has 0 bridgehead atoms. The van der Waals surface area contributed by atoms with Gasteiger partial charge in [-0.25, -0.2) is 0 Å². The first-order valence-electron chi connectivity index (χ1n) is 8.16. The van der Waals surface area contributed by atoms with E-state index in [9.17, 15) is 0 Å². The Balaban J connectivity index is 0.000000161. The van der Waals surface area contributed by atoms with Gasteiger partial charge < -0.3 is 22.9 Å². The van der Waals surface area contributed by atoms with Gasteiger partial charge in [0.25, 0.3) is 0 Å². The highest BCUT2D eigenvalue weighted by Crippen LogP contribution is 2.15. The Morgan fingerprint density at radius 3 is 0.964 bits per heavy atom. The van der Waals surface area contributed by atoms with Gasteiger partial charge in [0.05, 0.1) is 0 Å². The van der Waals surface area contributed by atoms with E-state index in [1.54, 1.807) is 0 Å². The summed E-state index contributed by atoms with van der Waals surface area (Å²) in [6.45, 7) is 0. The summed E-state index contributed by atoms with van der Waals surface area (Å²) in [7, 11) is 0. The predicted molar refractivity (Wildman–Crippen MR) is 108 cm³/mol. The lowest BCUT2D eigenvalue weighted by atomic mass is 10.2. The van der Waals surface area contributed by atoms with Crippen LogP contribution in [-0.4, -0.2) is 29.9 Å². The molecule has 0 unspecified atom stereocenters. The van der Waals surface area contributed by atoms with E-state index < -0.39 is 0 Å². The van der Waals surface area contributed by atoms with Crippen LogP contribution >= 0.6 is 0 Å². The second kappa shape index (κ2) is 8.36. The van der Waals surface area contributed by atoms with Crippen LogP contribution in [0.5, 0.6) is 0 Å². The molecule has 140 valence electrons. The molecule has 4 aromatic rings. The number of anilines is 4. The quantitative estimate of drug-likeness (QED) is 0.400. The fourth-order valence-corrected chi connectivity index (χ4v) is 2.25. The van der Waals surface area contributed by atoms with Gasteiger partial charge in [-0.3, -0.25) is 0 Å². The Morgan fingerprint density at radius 2 is 0.679 bits per heavy atom. The highest BCUT2D eigenvalue weighted by Gasteiger charge is 2.04. The minimum atomic E-state index is 0.136. The molecule has 2 aromatic carbocycles. The van der Waals surface area contributed by atoms with Crippen LogP contribution < -0.4 is 22.9 Å². The molecule has 0 fully saturated rings. The highest BCUT2D eigenvalue weighted by atomic mass is 15.1. The summed E-state index contributed by atoms with van der Waals surface area (Å²) in [6, 6.07) is 18.9. The fraction of sp³-hybridized carbons (Fsp3) is 0. The topological polar surface area (TPSA) is 181 Å². The molecule has 0 radical (unpaired) electrons. The zero-order valence-electron chi connectivity index (χ0n) is 14.8.